The zero-order valence-corrected chi connectivity index (χ0v) is 16.8. The second-order valence-corrected chi connectivity index (χ2v) is 8.94. The van der Waals surface area contributed by atoms with Crippen molar-refractivity contribution < 1.29 is 0 Å². The quantitative estimate of drug-likeness (QED) is 0.529. The number of piperazine rings is 2. The third-order valence-corrected chi connectivity index (χ3v) is 8.07. The summed E-state index contributed by atoms with van der Waals surface area (Å²) in [6, 6.07) is 0. The number of rotatable bonds is 2. The number of likely N-dealkylation sites (N-methyl/N-ethyl adjacent to an activating group) is 2. The molecule has 0 unspecified atom stereocenters. The van der Waals surface area contributed by atoms with E-state index in [9.17, 15) is 0 Å². The Morgan fingerprint density at radius 1 is 0.682 bits per heavy atom. The lowest BCUT2D eigenvalue weighted by atomic mass is 10.3. The Morgan fingerprint density at radius 2 is 1.00 bits per heavy atom. The van der Waals surface area contributed by atoms with E-state index in [2.05, 4.69) is 33.4 Å². The highest BCUT2D eigenvalue weighted by Gasteiger charge is 2.21. The summed E-state index contributed by atoms with van der Waals surface area (Å²) in [5, 5.41) is 0. The van der Waals surface area contributed by atoms with Crippen LogP contribution in [0.25, 0.3) is 0 Å². The average molecular weight is 379 g/mol. The molecule has 4 nitrogen and oxygen atoms in total. The minimum atomic E-state index is 0.982. The molecule has 126 valence electrons. The Kier molecular flexibility index (Phi) is 8.21. The molecular weight excluding hydrogens is 352 g/mol. The van der Waals surface area contributed by atoms with Crippen molar-refractivity contribution in [2.24, 2.45) is 0 Å². The van der Waals surface area contributed by atoms with Crippen LogP contribution in [-0.2, 0) is 0 Å². The Labute approximate surface area is 153 Å². The van der Waals surface area contributed by atoms with Crippen molar-refractivity contribution in [3.05, 3.63) is 0 Å². The predicted octanol–water partition coefficient (Wildman–Crippen LogP) is 2.21. The molecule has 0 N–H and O–H groups in total. The van der Waals surface area contributed by atoms with Gasteiger partial charge in [-0.3, -0.25) is 0 Å². The van der Waals surface area contributed by atoms with Crippen molar-refractivity contribution in [1.29, 1.82) is 0 Å². The van der Waals surface area contributed by atoms with Crippen LogP contribution in [0, 0.1) is 0 Å². The van der Waals surface area contributed by atoms with Gasteiger partial charge in [0.2, 0.25) is 0 Å². The van der Waals surface area contributed by atoms with E-state index >= 15 is 0 Å². The molecule has 2 aliphatic rings. The molecule has 0 aromatic carbocycles. The van der Waals surface area contributed by atoms with Crippen LogP contribution in [0.3, 0.4) is 0 Å². The summed E-state index contributed by atoms with van der Waals surface area (Å²) in [5.74, 6) is 0. The fraction of sp³-hybridized carbons (Fsp3) is 0.857. The monoisotopic (exact) mass is 378 g/mol. The van der Waals surface area contributed by atoms with Crippen LogP contribution in [0.2, 0.25) is 0 Å². The molecule has 0 amide bonds. The third kappa shape index (κ3) is 5.49. The first-order valence-corrected chi connectivity index (χ1v) is 11.0. The van der Waals surface area contributed by atoms with Gasteiger partial charge in [-0.1, -0.05) is 38.3 Å². The van der Waals surface area contributed by atoms with Crippen molar-refractivity contribution in [1.82, 2.24) is 19.6 Å². The van der Waals surface area contributed by atoms with Gasteiger partial charge < -0.3 is 19.6 Å². The molecular formula is C14H26N4S4. The molecule has 2 fully saturated rings. The van der Waals surface area contributed by atoms with Gasteiger partial charge in [-0.05, 0) is 34.7 Å². The first kappa shape index (κ1) is 18.7. The Balaban J connectivity index is 1.67. The first-order valence-electron chi connectivity index (χ1n) is 8.01. The molecule has 0 aliphatic carbocycles. The molecule has 22 heavy (non-hydrogen) atoms. The van der Waals surface area contributed by atoms with Gasteiger partial charge in [0.15, 0.2) is 0 Å². The van der Waals surface area contributed by atoms with Gasteiger partial charge in [0.1, 0.15) is 8.64 Å². The lowest BCUT2D eigenvalue weighted by Crippen LogP contribution is -2.48. The molecule has 2 rings (SSSR count). The SMILES string of the molecule is CCN1CCN(C(=S)SSC(=S)N2CCN(CC)CC2)CC1. The largest absolute Gasteiger partial charge is 0.354 e. The van der Waals surface area contributed by atoms with Crippen LogP contribution < -0.4 is 0 Å². The van der Waals surface area contributed by atoms with Crippen molar-refractivity contribution in [2.45, 2.75) is 13.8 Å². The van der Waals surface area contributed by atoms with Crippen molar-refractivity contribution in [3.63, 3.8) is 0 Å². The zero-order chi connectivity index (χ0) is 15.9. The van der Waals surface area contributed by atoms with E-state index < -0.39 is 0 Å². The molecule has 0 bridgehead atoms. The molecule has 0 atom stereocenters. The summed E-state index contributed by atoms with van der Waals surface area (Å²) in [7, 11) is 3.32. The Morgan fingerprint density at radius 3 is 1.27 bits per heavy atom. The van der Waals surface area contributed by atoms with Crippen LogP contribution in [0.15, 0.2) is 0 Å². The maximum Gasteiger partial charge on any atom is 0.147 e. The van der Waals surface area contributed by atoms with Gasteiger partial charge in [0.05, 0.1) is 0 Å². The molecule has 0 spiro atoms. The first-order chi connectivity index (χ1) is 10.6. The normalized spacial score (nSPS) is 21.2. The molecule has 0 saturated carbocycles. The fourth-order valence-corrected chi connectivity index (χ4v) is 5.43. The van der Waals surface area contributed by atoms with Gasteiger partial charge in [0.25, 0.3) is 0 Å². The molecule has 8 heteroatoms. The maximum absolute atomic E-state index is 5.57. The third-order valence-electron chi connectivity index (χ3n) is 4.34. The lowest BCUT2D eigenvalue weighted by Gasteiger charge is -2.36. The molecule has 2 aliphatic heterocycles. The number of nitrogens with zero attached hydrogens (tertiary/aromatic N) is 4. The van der Waals surface area contributed by atoms with Gasteiger partial charge >= 0.3 is 0 Å². The minimum Gasteiger partial charge on any atom is -0.354 e. The molecule has 2 saturated heterocycles. The molecule has 0 aromatic rings. The van der Waals surface area contributed by atoms with Gasteiger partial charge in [0, 0.05) is 52.4 Å². The van der Waals surface area contributed by atoms with E-state index in [0.29, 0.717) is 0 Å². The Hall–Kier alpha value is 0.400. The molecule has 0 aromatic heterocycles. The molecule has 0 radical (unpaired) electrons. The number of hydrogen-bond donors (Lipinski definition) is 0. The predicted molar refractivity (Wildman–Crippen MR) is 108 cm³/mol. The smallest absolute Gasteiger partial charge is 0.147 e. The van der Waals surface area contributed by atoms with Crippen molar-refractivity contribution in [3.8, 4) is 0 Å². The second-order valence-electron chi connectivity index (χ2n) is 5.54. The number of thiocarbonyl (C=S) groups is 2. The Bertz CT molecular complexity index is 341. The van der Waals surface area contributed by atoms with E-state index in [0.717, 1.165) is 74.1 Å². The highest BCUT2D eigenvalue weighted by molar-refractivity contribution is 8.89. The summed E-state index contributed by atoms with van der Waals surface area (Å²) in [5.41, 5.74) is 0. The van der Waals surface area contributed by atoms with Crippen LogP contribution in [0.4, 0.5) is 0 Å². The average Bonchev–Trinajstić information content (AvgIpc) is 2.59. The van der Waals surface area contributed by atoms with Crippen molar-refractivity contribution in [2.75, 3.05) is 65.4 Å². The fourth-order valence-electron chi connectivity index (χ4n) is 2.67. The summed E-state index contributed by atoms with van der Waals surface area (Å²) < 4.78 is 1.96. The minimum absolute atomic E-state index is 0.982. The highest BCUT2D eigenvalue weighted by Crippen LogP contribution is 2.29. The lowest BCUT2D eigenvalue weighted by molar-refractivity contribution is 0.193. The van der Waals surface area contributed by atoms with Crippen LogP contribution >= 0.6 is 46.0 Å². The summed E-state index contributed by atoms with van der Waals surface area (Å²) in [6.45, 7) is 15.3. The van der Waals surface area contributed by atoms with Crippen LogP contribution in [0.1, 0.15) is 13.8 Å². The van der Waals surface area contributed by atoms with E-state index in [1.54, 1.807) is 21.6 Å². The van der Waals surface area contributed by atoms with Gasteiger partial charge in [-0.25, -0.2) is 0 Å². The second kappa shape index (κ2) is 9.64. The van der Waals surface area contributed by atoms with E-state index in [1.165, 1.54) is 0 Å². The van der Waals surface area contributed by atoms with Crippen LogP contribution in [-0.4, -0.2) is 93.7 Å². The summed E-state index contributed by atoms with van der Waals surface area (Å²) in [4.78, 5) is 9.57. The summed E-state index contributed by atoms with van der Waals surface area (Å²) >= 11 is 11.1. The number of hydrogen-bond acceptors (Lipinski definition) is 6. The highest BCUT2D eigenvalue weighted by atomic mass is 33.1. The van der Waals surface area contributed by atoms with E-state index in [1.807, 2.05) is 0 Å². The van der Waals surface area contributed by atoms with Gasteiger partial charge in [-0.15, -0.1) is 0 Å². The topological polar surface area (TPSA) is 13.0 Å². The van der Waals surface area contributed by atoms with Crippen molar-refractivity contribution >= 4 is 54.7 Å². The standard InChI is InChI=1S/C14H26N4S4/c1-3-15-5-9-17(10-6-15)13(19)21-22-14(20)18-11-7-16(4-2)8-12-18/h3-12H2,1-2H3. The molecule has 2 heterocycles. The maximum atomic E-state index is 5.57. The van der Waals surface area contributed by atoms with E-state index in [-0.39, 0.29) is 0 Å². The van der Waals surface area contributed by atoms with Crippen LogP contribution in [0.5, 0.6) is 0 Å². The zero-order valence-electron chi connectivity index (χ0n) is 13.5. The van der Waals surface area contributed by atoms with E-state index in [4.69, 9.17) is 24.4 Å². The van der Waals surface area contributed by atoms with Gasteiger partial charge in [-0.2, -0.15) is 0 Å². The summed E-state index contributed by atoms with van der Waals surface area (Å²) in [6.07, 6.45) is 0.